The zero-order chi connectivity index (χ0) is 71.4. The van der Waals surface area contributed by atoms with Crippen molar-refractivity contribution in [1.82, 2.24) is 0 Å². The van der Waals surface area contributed by atoms with Crippen LogP contribution in [0.25, 0.3) is 218 Å². The second kappa shape index (κ2) is 22.8. The van der Waals surface area contributed by atoms with Gasteiger partial charge in [-0.1, -0.05) is 295 Å². The Morgan fingerprint density at radius 3 is 0.806 bits per heavy atom. The molecule has 22 aromatic rings. The van der Waals surface area contributed by atoms with Gasteiger partial charge in [-0.2, -0.15) is 0 Å². The number of hydrogen-bond donors (Lipinski definition) is 0. The molecule has 2 aliphatic rings. The molecule has 504 valence electrons. The Kier molecular flexibility index (Phi) is 12.9. The highest BCUT2D eigenvalue weighted by atomic mass is 14.4. The molecule has 2 aliphatic carbocycles. The van der Waals surface area contributed by atoms with Gasteiger partial charge in [0, 0.05) is 10.8 Å². The summed E-state index contributed by atoms with van der Waals surface area (Å²) in [6.07, 6.45) is 2.09. The molecule has 22 aromatic carbocycles. The summed E-state index contributed by atoms with van der Waals surface area (Å²) < 4.78 is 0. The van der Waals surface area contributed by atoms with Crippen LogP contribution >= 0.6 is 0 Å². The van der Waals surface area contributed by atoms with E-state index >= 15 is 0 Å². The van der Waals surface area contributed by atoms with E-state index in [0.29, 0.717) is 0 Å². The molecule has 0 aromatic heterocycles. The molecule has 0 nitrogen and oxygen atoms in total. The molecule has 0 aliphatic heterocycles. The van der Waals surface area contributed by atoms with Gasteiger partial charge < -0.3 is 0 Å². The van der Waals surface area contributed by atoms with Crippen LogP contribution in [0.2, 0.25) is 0 Å². The standard InChI is InChI=1S/C57H38.C51H34/c1-3-57(4-2)51-31-35(37-27-29-49-45-17-7-13-33-11-5-15-43(53(33)45)47-21-9-19-41(37)55(47)49)23-25-39(51)40-26-24-36(32-52(40)57)38-28-30-50-46-18-8-14-34-12-6-16-44(54(34)46)48-22-10-20-42(38)56(48)50;1-51(2)49-29-37(43-15-7-13-35-25-39-21-31-9-3-5-11-33(31)23-41(39)27-47(35)43)17-19-45(49)46-20-18-38(30-50(46)51)44-16-8-14-36-26-40-22-32-10-4-6-12-34(32)24-42(40)28-48(36)44/h5-32H,3-4H2,1-2H3;3-30H,1-2H3. The van der Waals surface area contributed by atoms with Gasteiger partial charge in [-0.05, 0) is 325 Å². The van der Waals surface area contributed by atoms with Crippen LogP contribution in [-0.2, 0) is 10.8 Å². The van der Waals surface area contributed by atoms with E-state index in [1.54, 1.807) is 0 Å². The maximum atomic E-state index is 2.55. The van der Waals surface area contributed by atoms with Crippen LogP contribution in [0.5, 0.6) is 0 Å². The Bertz CT molecular complexity index is 7110. The van der Waals surface area contributed by atoms with Crippen LogP contribution in [0, 0.1) is 0 Å². The largest absolute Gasteiger partial charge is 0.0642 e. The van der Waals surface area contributed by atoms with E-state index in [1.165, 1.54) is 240 Å². The highest BCUT2D eigenvalue weighted by molar-refractivity contribution is 6.36. The lowest BCUT2D eigenvalue weighted by molar-refractivity contribution is 0.491. The first-order valence-corrected chi connectivity index (χ1v) is 38.6. The number of fused-ring (bicyclic) bond motifs is 16. The van der Waals surface area contributed by atoms with Crippen molar-refractivity contribution in [2.45, 2.75) is 51.4 Å². The molecule has 24 rings (SSSR count). The van der Waals surface area contributed by atoms with E-state index in [2.05, 4.69) is 367 Å². The molecule has 0 spiro atoms. The number of rotatable bonds is 6. The fourth-order valence-corrected chi connectivity index (χ4v) is 20.6. The summed E-state index contributed by atoms with van der Waals surface area (Å²) in [7, 11) is 0. The minimum Gasteiger partial charge on any atom is -0.0642 e. The number of hydrogen-bond acceptors (Lipinski definition) is 0. The van der Waals surface area contributed by atoms with E-state index < -0.39 is 0 Å². The molecule has 0 amide bonds. The van der Waals surface area contributed by atoms with Crippen molar-refractivity contribution < 1.29 is 0 Å². The van der Waals surface area contributed by atoms with Crippen molar-refractivity contribution in [3.63, 3.8) is 0 Å². The Morgan fingerprint density at radius 2 is 0.435 bits per heavy atom. The van der Waals surface area contributed by atoms with Gasteiger partial charge in [-0.25, -0.2) is 0 Å². The first-order chi connectivity index (χ1) is 53.1. The van der Waals surface area contributed by atoms with E-state index in [0.717, 1.165) is 12.8 Å². The van der Waals surface area contributed by atoms with E-state index in [-0.39, 0.29) is 10.8 Å². The normalized spacial score (nSPS) is 13.6. The monoisotopic (exact) mass is 1370 g/mol. The quantitative estimate of drug-likeness (QED) is 0.115. The lowest BCUT2D eigenvalue weighted by Crippen LogP contribution is -2.23. The molecule has 0 radical (unpaired) electrons. The molecule has 0 heterocycles. The fraction of sp³-hybridized carbons (Fsp3) is 0.0741. The minimum absolute atomic E-state index is 0.0709. The second-order valence-corrected chi connectivity index (χ2v) is 31.5. The zero-order valence-corrected chi connectivity index (χ0v) is 60.7. The Balaban J connectivity index is 0.000000131. The Labute approximate surface area is 626 Å². The predicted octanol–water partition coefficient (Wildman–Crippen LogP) is 30.5. The van der Waals surface area contributed by atoms with Gasteiger partial charge in [0.05, 0.1) is 0 Å². The fourth-order valence-electron chi connectivity index (χ4n) is 20.6. The summed E-state index contributed by atoms with van der Waals surface area (Å²) in [5.74, 6) is 0. The molecule has 0 atom stereocenters. The summed E-state index contributed by atoms with van der Waals surface area (Å²) in [5, 5.41) is 36.9. The molecule has 0 saturated heterocycles. The molecule has 0 saturated carbocycles. The van der Waals surface area contributed by atoms with Crippen molar-refractivity contribution in [2.24, 2.45) is 0 Å². The van der Waals surface area contributed by atoms with E-state index in [4.69, 9.17) is 0 Å². The molecule has 0 heteroatoms. The van der Waals surface area contributed by atoms with Gasteiger partial charge in [0.25, 0.3) is 0 Å². The van der Waals surface area contributed by atoms with Gasteiger partial charge in [-0.3, -0.25) is 0 Å². The van der Waals surface area contributed by atoms with Crippen molar-refractivity contribution in [2.75, 3.05) is 0 Å². The smallest absolute Gasteiger partial charge is 0.0210 e. The maximum Gasteiger partial charge on any atom is 0.0210 e. The van der Waals surface area contributed by atoms with Crippen LogP contribution in [-0.4, -0.2) is 0 Å². The topological polar surface area (TPSA) is 0 Å². The molecule has 0 bridgehead atoms. The van der Waals surface area contributed by atoms with Gasteiger partial charge in [0.1, 0.15) is 0 Å². The summed E-state index contributed by atoms with van der Waals surface area (Å²) in [6, 6.07) is 129. The minimum atomic E-state index is -0.136. The molecular weight excluding hydrogens is 1300 g/mol. The summed E-state index contributed by atoms with van der Waals surface area (Å²) in [4.78, 5) is 0. The molecular formula is C108H72. The third-order valence-corrected chi connectivity index (χ3v) is 25.9. The van der Waals surface area contributed by atoms with Gasteiger partial charge >= 0.3 is 0 Å². The molecule has 0 unspecified atom stereocenters. The average molecular weight is 1370 g/mol. The van der Waals surface area contributed by atoms with E-state index in [1.807, 2.05) is 0 Å². The first-order valence-electron chi connectivity index (χ1n) is 38.6. The summed E-state index contributed by atoms with van der Waals surface area (Å²) >= 11 is 0. The Morgan fingerprint density at radius 1 is 0.176 bits per heavy atom. The van der Waals surface area contributed by atoms with Crippen molar-refractivity contribution in [1.29, 1.82) is 0 Å². The van der Waals surface area contributed by atoms with Crippen LogP contribution in [0.4, 0.5) is 0 Å². The number of benzene rings is 22. The van der Waals surface area contributed by atoms with Gasteiger partial charge in [0.15, 0.2) is 0 Å². The first kappa shape index (κ1) is 61.3. The third kappa shape index (κ3) is 8.69. The average Bonchev–Trinajstić information content (AvgIpc) is 0.929. The van der Waals surface area contributed by atoms with Crippen molar-refractivity contribution >= 4 is 151 Å². The van der Waals surface area contributed by atoms with Crippen molar-refractivity contribution in [3.8, 4) is 66.8 Å². The van der Waals surface area contributed by atoms with Crippen LogP contribution in [0.3, 0.4) is 0 Å². The highest BCUT2D eigenvalue weighted by Crippen LogP contribution is 2.57. The molecule has 0 N–H and O–H groups in total. The SMILES string of the molecule is CC1(C)c2cc(-c3cccc4cc5cc6ccccc6cc5cc34)ccc2-c2ccc(-c3cccc4cc5cc6ccccc6cc5cc34)cc21.CCC1(CC)c2cc(-c3ccc4c5cccc6cccc(c7cccc3c74)c65)ccc2-c2ccc(-c3ccc4c5cccc6cccc(c7cccc3c74)c65)cc21. The van der Waals surface area contributed by atoms with Crippen molar-refractivity contribution in [3.05, 3.63) is 362 Å². The Hall–Kier alpha value is -13.0. The second-order valence-electron chi connectivity index (χ2n) is 31.5. The van der Waals surface area contributed by atoms with Crippen LogP contribution in [0.15, 0.2) is 340 Å². The van der Waals surface area contributed by atoms with E-state index in [9.17, 15) is 0 Å². The highest BCUT2D eigenvalue weighted by Gasteiger charge is 2.42. The van der Waals surface area contributed by atoms with Gasteiger partial charge in [-0.15, -0.1) is 0 Å². The van der Waals surface area contributed by atoms with Crippen LogP contribution < -0.4 is 0 Å². The predicted molar refractivity (Wildman–Crippen MR) is 466 cm³/mol. The summed E-state index contributed by atoms with van der Waals surface area (Å²) in [6.45, 7) is 9.58. The van der Waals surface area contributed by atoms with Crippen LogP contribution in [0.1, 0.15) is 62.8 Å². The third-order valence-electron chi connectivity index (χ3n) is 25.9. The lowest BCUT2D eigenvalue weighted by Gasteiger charge is -2.30. The lowest BCUT2D eigenvalue weighted by atomic mass is 9.73. The zero-order valence-electron chi connectivity index (χ0n) is 60.7. The molecule has 108 heavy (non-hydrogen) atoms. The summed E-state index contributed by atoms with van der Waals surface area (Å²) in [5.41, 5.74) is 21.3. The molecule has 0 fully saturated rings. The van der Waals surface area contributed by atoms with Gasteiger partial charge in [0.2, 0.25) is 0 Å². The maximum absolute atomic E-state index is 2.55.